The number of hydrogen-bond donors (Lipinski definition) is 2. The van der Waals surface area contributed by atoms with Gasteiger partial charge < -0.3 is 15.1 Å². The highest BCUT2D eigenvalue weighted by Gasteiger charge is 2.26. The van der Waals surface area contributed by atoms with Crippen molar-refractivity contribution >= 4 is 17.8 Å². The van der Waals surface area contributed by atoms with Gasteiger partial charge in [0.2, 0.25) is 0 Å². The average Bonchev–Trinajstić information content (AvgIpc) is 2.38. The van der Waals surface area contributed by atoms with Crippen LogP contribution < -0.4 is 0 Å². The predicted octanol–water partition coefficient (Wildman–Crippen LogP) is 1.22. The van der Waals surface area contributed by atoms with Crippen molar-refractivity contribution in [3.8, 4) is 0 Å². The Kier molecular flexibility index (Phi) is 5.19. The summed E-state index contributed by atoms with van der Waals surface area (Å²) in [5.74, 6) is -3.56. The molecule has 0 saturated carbocycles. The highest BCUT2D eigenvalue weighted by atomic mass is 19.1. The molecule has 7 heteroatoms. The van der Waals surface area contributed by atoms with E-state index in [-0.39, 0.29) is 18.5 Å². The van der Waals surface area contributed by atoms with E-state index in [0.29, 0.717) is 0 Å². The van der Waals surface area contributed by atoms with E-state index in [2.05, 4.69) is 0 Å². The Bertz CT molecular complexity index is 514. The lowest BCUT2D eigenvalue weighted by Crippen LogP contribution is -2.44. The molecule has 108 valence electrons. The lowest BCUT2D eigenvalue weighted by atomic mass is 10.1. The third-order valence-electron chi connectivity index (χ3n) is 2.74. The molecule has 0 fully saturated rings. The number of amides is 1. The number of carboxylic acid groups (broad SMARTS) is 2. The minimum absolute atomic E-state index is 0.102. The van der Waals surface area contributed by atoms with Gasteiger partial charge in [-0.2, -0.15) is 0 Å². The number of carbonyl (C=O) groups is 3. The van der Waals surface area contributed by atoms with Gasteiger partial charge in [0, 0.05) is 12.1 Å². The molecular weight excluding hydrogens is 269 g/mol. The van der Waals surface area contributed by atoms with Crippen LogP contribution in [0.1, 0.15) is 23.7 Å². The van der Waals surface area contributed by atoms with Gasteiger partial charge >= 0.3 is 11.9 Å². The maximum Gasteiger partial charge on any atom is 0.326 e. The van der Waals surface area contributed by atoms with Crippen molar-refractivity contribution in [2.24, 2.45) is 0 Å². The number of benzene rings is 1. The summed E-state index contributed by atoms with van der Waals surface area (Å²) < 4.78 is 12.8. The summed E-state index contributed by atoms with van der Waals surface area (Å²) in [6.07, 6.45) is -0.370. The molecule has 0 aliphatic carbocycles. The van der Waals surface area contributed by atoms with Crippen molar-refractivity contribution in [3.63, 3.8) is 0 Å². The Hall–Kier alpha value is -2.44. The topological polar surface area (TPSA) is 94.9 Å². The Morgan fingerprint density at radius 2 is 1.75 bits per heavy atom. The van der Waals surface area contributed by atoms with E-state index in [1.54, 1.807) is 0 Å². The smallest absolute Gasteiger partial charge is 0.326 e. The predicted molar refractivity (Wildman–Crippen MR) is 66.8 cm³/mol. The van der Waals surface area contributed by atoms with Crippen molar-refractivity contribution in [2.75, 3.05) is 6.54 Å². The summed E-state index contributed by atoms with van der Waals surface area (Å²) in [6.45, 7) is 1.05. The molecule has 0 aliphatic rings. The zero-order chi connectivity index (χ0) is 15.3. The lowest BCUT2D eigenvalue weighted by molar-refractivity contribution is -0.143. The van der Waals surface area contributed by atoms with E-state index in [1.165, 1.54) is 19.1 Å². The van der Waals surface area contributed by atoms with Gasteiger partial charge in [0.15, 0.2) is 0 Å². The van der Waals surface area contributed by atoms with E-state index in [0.717, 1.165) is 17.0 Å². The van der Waals surface area contributed by atoms with Crippen LogP contribution in [0.25, 0.3) is 0 Å². The van der Waals surface area contributed by atoms with Gasteiger partial charge in [-0.05, 0) is 31.2 Å². The monoisotopic (exact) mass is 283 g/mol. The van der Waals surface area contributed by atoms with Crippen LogP contribution in [0.2, 0.25) is 0 Å². The standard InChI is InChI=1S/C13H14FNO5/c1-8(13(19)20)15(7-6-11(16)17)12(18)9-2-4-10(14)5-3-9/h2-5,8H,6-7H2,1H3,(H,16,17)(H,19,20). The first-order chi connectivity index (χ1) is 9.32. The SMILES string of the molecule is CC(C(=O)O)N(CCC(=O)O)C(=O)c1ccc(F)cc1. The Balaban J connectivity index is 2.96. The van der Waals surface area contributed by atoms with Gasteiger partial charge in [-0.3, -0.25) is 9.59 Å². The minimum atomic E-state index is -1.24. The molecule has 0 aromatic heterocycles. The summed E-state index contributed by atoms with van der Waals surface area (Å²) in [7, 11) is 0. The molecule has 1 unspecified atom stereocenters. The summed E-state index contributed by atoms with van der Waals surface area (Å²) in [6, 6.07) is 3.43. The number of hydrogen-bond acceptors (Lipinski definition) is 3. The molecular formula is C13H14FNO5. The number of halogens is 1. The van der Waals surface area contributed by atoms with E-state index in [4.69, 9.17) is 10.2 Å². The molecule has 0 aliphatic heterocycles. The lowest BCUT2D eigenvalue weighted by Gasteiger charge is -2.26. The largest absolute Gasteiger partial charge is 0.481 e. The molecule has 0 radical (unpaired) electrons. The normalized spacial score (nSPS) is 11.7. The first kappa shape index (κ1) is 15.6. The summed E-state index contributed by atoms with van der Waals surface area (Å²) in [4.78, 5) is 34.6. The van der Waals surface area contributed by atoms with Gasteiger partial charge in [0.25, 0.3) is 5.91 Å². The molecule has 0 heterocycles. The van der Waals surface area contributed by atoms with Gasteiger partial charge in [-0.25, -0.2) is 9.18 Å². The van der Waals surface area contributed by atoms with Crippen molar-refractivity contribution in [3.05, 3.63) is 35.6 Å². The van der Waals surface area contributed by atoms with Crippen molar-refractivity contribution in [1.82, 2.24) is 4.90 Å². The third kappa shape index (κ3) is 4.04. The fraction of sp³-hybridized carbons (Fsp3) is 0.308. The van der Waals surface area contributed by atoms with Crippen molar-refractivity contribution < 1.29 is 29.0 Å². The third-order valence-corrected chi connectivity index (χ3v) is 2.74. The van der Waals surface area contributed by atoms with Crippen LogP contribution in [0.4, 0.5) is 4.39 Å². The van der Waals surface area contributed by atoms with Crippen LogP contribution in [0.5, 0.6) is 0 Å². The van der Waals surface area contributed by atoms with Crippen LogP contribution in [-0.2, 0) is 9.59 Å². The van der Waals surface area contributed by atoms with Crippen LogP contribution in [0.3, 0.4) is 0 Å². The minimum Gasteiger partial charge on any atom is -0.481 e. The van der Waals surface area contributed by atoms with Gasteiger partial charge in [0.05, 0.1) is 6.42 Å². The van der Waals surface area contributed by atoms with Crippen molar-refractivity contribution in [2.45, 2.75) is 19.4 Å². The first-order valence-corrected chi connectivity index (χ1v) is 5.84. The molecule has 0 bridgehead atoms. The molecule has 1 aromatic carbocycles. The van der Waals surface area contributed by atoms with Crippen LogP contribution >= 0.6 is 0 Å². The first-order valence-electron chi connectivity index (χ1n) is 5.84. The number of nitrogens with zero attached hydrogens (tertiary/aromatic N) is 1. The molecule has 1 atom stereocenters. The van der Waals surface area contributed by atoms with Gasteiger partial charge in [0.1, 0.15) is 11.9 Å². The second-order valence-corrected chi connectivity index (χ2v) is 4.16. The second-order valence-electron chi connectivity index (χ2n) is 4.16. The summed E-state index contributed by atoms with van der Waals surface area (Å²) >= 11 is 0. The number of carboxylic acids is 2. The van der Waals surface area contributed by atoms with E-state index >= 15 is 0 Å². The maximum absolute atomic E-state index is 12.8. The number of aliphatic carboxylic acids is 2. The van der Waals surface area contributed by atoms with Crippen LogP contribution in [-0.4, -0.2) is 45.5 Å². The van der Waals surface area contributed by atoms with Crippen molar-refractivity contribution in [1.29, 1.82) is 0 Å². The fourth-order valence-electron chi connectivity index (χ4n) is 1.58. The highest BCUT2D eigenvalue weighted by molar-refractivity contribution is 5.96. The average molecular weight is 283 g/mol. The Morgan fingerprint density at radius 1 is 1.20 bits per heavy atom. The summed E-state index contributed by atoms with van der Waals surface area (Å²) in [5, 5.41) is 17.6. The summed E-state index contributed by atoms with van der Waals surface area (Å²) in [5.41, 5.74) is 0.102. The zero-order valence-corrected chi connectivity index (χ0v) is 10.7. The molecule has 2 N–H and O–H groups in total. The van der Waals surface area contributed by atoms with Gasteiger partial charge in [-0.15, -0.1) is 0 Å². The quantitative estimate of drug-likeness (QED) is 0.818. The van der Waals surface area contributed by atoms with Gasteiger partial charge in [-0.1, -0.05) is 0 Å². The van der Waals surface area contributed by atoms with Crippen LogP contribution in [0, 0.1) is 5.82 Å². The molecule has 1 aromatic rings. The number of carbonyl (C=O) groups excluding carboxylic acids is 1. The molecule has 20 heavy (non-hydrogen) atoms. The molecule has 1 rings (SSSR count). The second kappa shape index (κ2) is 6.65. The molecule has 1 amide bonds. The van der Waals surface area contributed by atoms with E-state index in [1.807, 2.05) is 0 Å². The van der Waals surface area contributed by atoms with Crippen LogP contribution in [0.15, 0.2) is 24.3 Å². The van der Waals surface area contributed by atoms with E-state index in [9.17, 15) is 18.8 Å². The zero-order valence-electron chi connectivity index (χ0n) is 10.7. The fourth-order valence-corrected chi connectivity index (χ4v) is 1.58. The molecule has 6 nitrogen and oxygen atoms in total. The Labute approximate surface area is 114 Å². The Morgan fingerprint density at radius 3 is 2.20 bits per heavy atom. The molecule has 0 saturated heterocycles. The maximum atomic E-state index is 12.8. The molecule has 0 spiro atoms. The van der Waals surface area contributed by atoms with E-state index < -0.39 is 29.7 Å². The highest BCUT2D eigenvalue weighted by Crippen LogP contribution is 2.11. The number of rotatable bonds is 6.